The first-order valence-corrected chi connectivity index (χ1v) is 6.36. The van der Waals surface area contributed by atoms with Crippen molar-refractivity contribution in [2.24, 2.45) is 11.3 Å². The second kappa shape index (κ2) is 5.30. The molecule has 0 aromatic rings. The fourth-order valence-corrected chi connectivity index (χ4v) is 2.19. The third-order valence-corrected chi connectivity index (χ3v) is 4.07. The number of carbonyl (C=O) groups is 1. The largest absolute Gasteiger partial charge is 0.468 e. The van der Waals surface area contributed by atoms with Crippen LogP contribution in [0.4, 0.5) is 0 Å². The molecule has 0 bridgehead atoms. The topological polar surface area (TPSA) is 38.3 Å². The molecular weight excluding hydrogens is 258 g/mol. The van der Waals surface area contributed by atoms with Crippen molar-refractivity contribution in [1.82, 2.24) is 5.32 Å². The van der Waals surface area contributed by atoms with Crippen molar-refractivity contribution in [3.05, 3.63) is 0 Å². The van der Waals surface area contributed by atoms with E-state index in [1.54, 1.807) is 0 Å². The molecule has 0 saturated heterocycles. The van der Waals surface area contributed by atoms with Crippen LogP contribution in [0.5, 0.6) is 0 Å². The number of hydrogen-bond acceptors (Lipinski definition) is 3. The second-order valence-corrected chi connectivity index (χ2v) is 5.74. The molecule has 0 aromatic carbocycles. The maximum absolute atomic E-state index is 11.1. The minimum Gasteiger partial charge on any atom is -0.468 e. The van der Waals surface area contributed by atoms with Gasteiger partial charge in [0.05, 0.1) is 7.11 Å². The van der Waals surface area contributed by atoms with Crippen molar-refractivity contribution in [2.45, 2.75) is 31.5 Å². The average molecular weight is 278 g/mol. The Hall–Kier alpha value is -0.0900. The van der Waals surface area contributed by atoms with Crippen LogP contribution in [-0.2, 0) is 9.53 Å². The lowest BCUT2D eigenvalue weighted by molar-refractivity contribution is -0.139. The van der Waals surface area contributed by atoms with Gasteiger partial charge in [-0.2, -0.15) is 0 Å². The molecule has 4 heteroatoms. The summed E-state index contributed by atoms with van der Waals surface area (Å²) in [6.07, 6.45) is 2.62. The third kappa shape index (κ3) is 3.45. The Labute approximate surface area is 100 Å². The van der Waals surface area contributed by atoms with Crippen LogP contribution in [0.3, 0.4) is 0 Å². The van der Waals surface area contributed by atoms with Crippen LogP contribution in [-0.4, -0.2) is 31.0 Å². The molecule has 1 atom stereocenters. The van der Waals surface area contributed by atoms with E-state index in [0.717, 1.165) is 12.5 Å². The van der Waals surface area contributed by atoms with Gasteiger partial charge in [0.1, 0.15) is 4.83 Å². The smallest absolute Gasteiger partial charge is 0.320 e. The molecule has 0 aliphatic heterocycles. The first kappa shape index (κ1) is 13.0. The summed E-state index contributed by atoms with van der Waals surface area (Å²) in [5.74, 6) is 0.508. The number of carbonyl (C=O) groups excluding carboxylic acids is 1. The van der Waals surface area contributed by atoms with Gasteiger partial charge in [-0.25, -0.2) is 0 Å². The molecule has 1 aliphatic rings. The Kier molecular flexibility index (Phi) is 4.59. The predicted octanol–water partition coefficient (Wildman–Crippen LogP) is 1.95. The van der Waals surface area contributed by atoms with E-state index in [-0.39, 0.29) is 10.8 Å². The van der Waals surface area contributed by atoms with Crippen LogP contribution in [0.2, 0.25) is 0 Å². The van der Waals surface area contributed by atoms with E-state index in [9.17, 15) is 4.79 Å². The van der Waals surface area contributed by atoms with E-state index < -0.39 is 0 Å². The fraction of sp³-hybridized carbons (Fsp3) is 0.909. The number of hydrogen-bond donors (Lipinski definition) is 1. The number of nitrogens with one attached hydrogen (secondary N) is 1. The fourth-order valence-electron chi connectivity index (χ4n) is 1.78. The molecule has 1 fully saturated rings. The second-order valence-electron chi connectivity index (χ2n) is 4.64. The van der Waals surface area contributed by atoms with E-state index in [1.807, 2.05) is 0 Å². The van der Waals surface area contributed by atoms with Crippen molar-refractivity contribution in [3.63, 3.8) is 0 Å². The third-order valence-electron chi connectivity index (χ3n) is 3.37. The highest BCUT2D eigenvalue weighted by Gasteiger charge is 2.44. The quantitative estimate of drug-likeness (QED) is 0.596. The lowest BCUT2D eigenvalue weighted by Gasteiger charge is -2.20. The molecule has 3 nitrogen and oxygen atoms in total. The normalized spacial score (nSPS) is 20.1. The van der Waals surface area contributed by atoms with Crippen LogP contribution in [0.15, 0.2) is 0 Å². The summed E-state index contributed by atoms with van der Waals surface area (Å²) in [5.41, 5.74) is 0.489. The number of rotatable bonds is 6. The van der Waals surface area contributed by atoms with Gasteiger partial charge < -0.3 is 10.1 Å². The Balaban J connectivity index is 2.19. The van der Waals surface area contributed by atoms with Crippen LogP contribution in [0.1, 0.15) is 26.7 Å². The number of ether oxygens (including phenoxy) is 1. The molecule has 0 amide bonds. The Morgan fingerprint density at radius 2 is 2.13 bits per heavy atom. The number of methoxy groups -OCH3 is 1. The highest BCUT2D eigenvalue weighted by atomic mass is 79.9. The van der Waals surface area contributed by atoms with Gasteiger partial charge in [-0.05, 0) is 24.2 Å². The number of halogens is 1. The molecule has 1 N–H and O–H groups in total. The molecule has 1 rings (SSSR count). The minimum absolute atomic E-state index is 0.211. The van der Waals surface area contributed by atoms with Gasteiger partial charge in [0, 0.05) is 13.1 Å². The zero-order valence-electron chi connectivity index (χ0n) is 9.68. The molecule has 1 saturated carbocycles. The summed E-state index contributed by atoms with van der Waals surface area (Å²) in [7, 11) is 1.41. The predicted molar refractivity (Wildman–Crippen MR) is 64.1 cm³/mol. The standard InChI is InChI=1S/C11H20BrNO2/c1-8(2)11(4-5-11)7-13-6-9(12)10(14)15-3/h8-9,13H,4-7H2,1-3H3. The van der Waals surface area contributed by atoms with Gasteiger partial charge in [0.15, 0.2) is 0 Å². The van der Waals surface area contributed by atoms with Crippen LogP contribution in [0.25, 0.3) is 0 Å². The van der Waals surface area contributed by atoms with E-state index in [2.05, 4.69) is 39.8 Å². The average Bonchev–Trinajstić information content (AvgIpc) is 2.97. The van der Waals surface area contributed by atoms with E-state index in [0.29, 0.717) is 12.0 Å². The van der Waals surface area contributed by atoms with Gasteiger partial charge in [0.2, 0.25) is 0 Å². The van der Waals surface area contributed by atoms with Gasteiger partial charge >= 0.3 is 5.97 Å². The first-order chi connectivity index (χ1) is 7.02. The number of alkyl halides is 1. The van der Waals surface area contributed by atoms with E-state index in [4.69, 9.17) is 0 Å². The SMILES string of the molecule is COC(=O)C(Br)CNCC1(C(C)C)CC1. The van der Waals surface area contributed by atoms with Crippen molar-refractivity contribution in [1.29, 1.82) is 0 Å². The summed E-state index contributed by atoms with van der Waals surface area (Å²) in [6, 6.07) is 0. The zero-order valence-corrected chi connectivity index (χ0v) is 11.3. The van der Waals surface area contributed by atoms with E-state index >= 15 is 0 Å². The monoisotopic (exact) mass is 277 g/mol. The minimum atomic E-state index is -0.231. The summed E-state index contributed by atoms with van der Waals surface area (Å²) >= 11 is 3.29. The van der Waals surface area contributed by atoms with E-state index in [1.165, 1.54) is 20.0 Å². The Morgan fingerprint density at radius 1 is 1.53 bits per heavy atom. The van der Waals surface area contributed by atoms with Gasteiger partial charge in [-0.1, -0.05) is 29.8 Å². The van der Waals surface area contributed by atoms with Gasteiger partial charge in [-0.15, -0.1) is 0 Å². The zero-order chi connectivity index (χ0) is 11.5. The summed E-state index contributed by atoms with van der Waals surface area (Å²) < 4.78 is 4.63. The molecule has 0 heterocycles. The molecule has 15 heavy (non-hydrogen) atoms. The van der Waals surface area contributed by atoms with Gasteiger partial charge in [0.25, 0.3) is 0 Å². The summed E-state index contributed by atoms with van der Waals surface area (Å²) in [5, 5.41) is 3.34. The Bertz CT molecular complexity index is 227. The van der Waals surface area contributed by atoms with Crippen LogP contribution in [0, 0.1) is 11.3 Å². The van der Waals surface area contributed by atoms with Crippen molar-refractivity contribution in [3.8, 4) is 0 Å². The van der Waals surface area contributed by atoms with Crippen molar-refractivity contribution < 1.29 is 9.53 Å². The van der Waals surface area contributed by atoms with Crippen molar-refractivity contribution in [2.75, 3.05) is 20.2 Å². The highest BCUT2D eigenvalue weighted by molar-refractivity contribution is 9.10. The lowest BCUT2D eigenvalue weighted by atomic mass is 9.92. The molecule has 0 radical (unpaired) electrons. The Morgan fingerprint density at radius 3 is 2.53 bits per heavy atom. The maximum Gasteiger partial charge on any atom is 0.320 e. The van der Waals surface area contributed by atoms with Crippen LogP contribution >= 0.6 is 15.9 Å². The summed E-state index contributed by atoms with van der Waals surface area (Å²) in [4.78, 5) is 10.9. The molecule has 88 valence electrons. The molecule has 1 unspecified atom stereocenters. The molecule has 0 aromatic heterocycles. The van der Waals surface area contributed by atoms with Crippen molar-refractivity contribution >= 4 is 21.9 Å². The molecular formula is C11H20BrNO2. The molecule has 1 aliphatic carbocycles. The summed E-state index contributed by atoms with van der Waals surface area (Å²) in [6.45, 7) is 6.17. The lowest BCUT2D eigenvalue weighted by Crippen LogP contribution is -2.35. The highest BCUT2D eigenvalue weighted by Crippen LogP contribution is 2.51. The molecule has 0 spiro atoms. The number of esters is 1. The maximum atomic E-state index is 11.1. The first-order valence-electron chi connectivity index (χ1n) is 5.44. The van der Waals surface area contributed by atoms with Crippen LogP contribution < -0.4 is 5.32 Å². The van der Waals surface area contributed by atoms with Gasteiger partial charge in [-0.3, -0.25) is 4.79 Å².